The van der Waals surface area contributed by atoms with Crippen molar-refractivity contribution >= 4 is 28.1 Å². The highest BCUT2D eigenvalue weighted by Gasteiger charge is 2.08. The molecule has 1 heterocycles. The van der Waals surface area contributed by atoms with Crippen LogP contribution in [0.5, 0.6) is 0 Å². The fraction of sp³-hybridized carbons (Fsp3) is 0.304. The average molecular weight is 419 g/mol. The zero-order valence-corrected chi connectivity index (χ0v) is 16.6. The van der Waals surface area contributed by atoms with Crippen molar-refractivity contribution in [2.24, 2.45) is 0 Å². The van der Waals surface area contributed by atoms with Crippen molar-refractivity contribution in [3.8, 4) is 0 Å². The van der Waals surface area contributed by atoms with Crippen molar-refractivity contribution in [2.45, 2.75) is 45.0 Å². The molecule has 0 fully saturated rings. The Hall–Kier alpha value is -2.70. The van der Waals surface area contributed by atoms with Crippen LogP contribution in [0, 0.1) is 6.92 Å². The van der Waals surface area contributed by atoms with Crippen LogP contribution >= 0.6 is 11.3 Å². The molecule has 5 nitrogen and oxygen atoms in total. The van der Waals surface area contributed by atoms with E-state index >= 15 is 0 Å². The second-order valence-corrected chi connectivity index (χ2v) is 7.09. The minimum atomic E-state index is -2.45. The summed E-state index contributed by atoms with van der Waals surface area (Å²) >= 11 is 1.01. The predicted molar refractivity (Wildman–Crippen MR) is 119 cm³/mol. The fourth-order valence-corrected chi connectivity index (χ4v) is 2.92. The first-order chi connectivity index (χ1) is 17.5. The number of amides is 1. The molecule has 0 unspecified atom stereocenters. The van der Waals surface area contributed by atoms with Crippen LogP contribution in [0.3, 0.4) is 0 Å². The fourth-order valence-electron chi connectivity index (χ4n) is 2.43. The van der Waals surface area contributed by atoms with Gasteiger partial charge in [-0.3, -0.25) is 4.79 Å². The Morgan fingerprint density at radius 3 is 2.69 bits per heavy atom. The molecule has 0 aliphatic heterocycles. The number of aliphatic hydroxyl groups is 1. The number of rotatable bonds is 9. The summed E-state index contributed by atoms with van der Waals surface area (Å²) in [5.74, 6) is -0.960. The smallest absolute Gasteiger partial charge is 0.230 e. The highest BCUT2D eigenvalue weighted by molar-refractivity contribution is 7.13. The van der Waals surface area contributed by atoms with E-state index in [0.717, 1.165) is 11.3 Å². The van der Waals surface area contributed by atoms with Gasteiger partial charge in [0.15, 0.2) is 5.13 Å². The quantitative estimate of drug-likeness (QED) is 0.471. The third-order valence-electron chi connectivity index (χ3n) is 3.86. The van der Waals surface area contributed by atoms with Crippen LogP contribution in [0.1, 0.15) is 60.1 Å². The molecular formula is C23H27N3O2S. The largest absolute Gasteiger partial charge is 0.388 e. The third kappa shape index (κ3) is 6.69. The number of aryl methyl sites for hydroxylation is 1. The van der Waals surface area contributed by atoms with Gasteiger partial charge in [-0.05, 0) is 49.4 Å². The molecule has 3 rings (SSSR count). The highest BCUT2D eigenvalue weighted by Crippen LogP contribution is 2.21. The van der Waals surface area contributed by atoms with Crippen LogP contribution in [0.15, 0.2) is 53.8 Å². The van der Waals surface area contributed by atoms with Gasteiger partial charge in [0, 0.05) is 16.6 Å². The number of thiazole rings is 1. The van der Waals surface area contributed by atoms with Gasteiger partial charge < -0.3 is 16.2 Å². The Balaban J connectivity index is 1.67. The maximum Gasteiger partial charge on any atom is 0.230 e. The topological polar surface area (TPSA) is 88.2 Å². The number of aromatic nitrogens is 1. The molecule has 1 aromatic heterocycles. The van der Waals surface area contributed by atoms with Crippen molar-refractivity contribution in [3.63, 3.8) is 0 Å². The van der Waals surface area contributed by atoms with E-state index in [1.807, 2.05) is 0 Å². The Bertz CT molecular complexity index is 1320. The standard InChI is InChI=1S/C23H27N3O2S/c1-16-6-10-18(11-7-16)21(27)5-3-2-4-17-8-12-19(13-9-17)25-22(28)14-20-15-29-23(24)26-20/h6-13,15,21,27H,2-5,14H2,1H3,(H2,24,26)(H,25,28)/t21-/m0/s1/i4D2,6D,7D,10D,11D,14D2,21D. The number of nitrogen functional groups attached to an aromatic ring is 1. The summed E-state index contributed by atoms with van der Waals surface area (Å²) in [4.78, 5) is 16.3. The highest BCUT2D eigenvalue weighted by atomic mass is 32.1. The molecule has 4 N–H and O–H groups in total. The number of carbonyl (C=O) groups is 1. The molecule has 29 heavy (non-hydrogen) atoms. The maximum atomic E-state index is 12.5. The van der Waals surface area contributed by atoms with Gasteiger partial charge in [-0.25, -0.2) is 4.98 Å². The molecule has 2 aromatic carbocycles. The average Bonchev–Trinajstić information content (AvgIpc) is 3.28. The summed E-state index contributed by atoms with van der Waals surface area (Å²) in [7, 11) is 0. The molecule has 0 saturated carbocycles. The van der Waals surface area contributed by atoms with Gasteiger partial charge in [-0.1, -0.05) is 48.3 Å². The predicted octanol–water partition coefficient (Wildman–Crippen LogP) is 4.66. The van der Waals surface area contributed by atoms with Gasteiger partial charge >= 0.3 is 0 Å². The minimum Gasteiger partial charge on any atom is -0.388 e. The number of hydrogen-bond acceptors (Lipinski definition) is 5. The van der Waals surface area contributed by atoms with Gasteiger partial charge in [0.2, 0.25) is 5.91 Å². The molecule has 1 atom stereocenters. The zero-order valence-electron chi connectivity index (χ0n) is 24.8. The van der Waals surface area contributed by atoms with Gasteiger partial charge in [0.25, 0.3) is 0 Å². The number of nitrogens with zero attached hydrogens (tertiary/aromatic N) is 1. The number of anilines is 2. The molecule has 0 saturated heterocycles. The number of benzene rings is 2. The first kappa shape index (κ1) is 12.1. The van der Waals surface area contributed by atoms with E-state index in [1.54, 1.807) is 0 Å². The maximum absolute atomic E-state index is 12.5. The van der Waals surface area contributed by atoms with Crippen LogP contribution in [0.2, 0.25) is 0 Å². The first-order valence-electron chi connectivity index (χ1n) is 13.4. The third-order valence-corrected chi connectivity index (χ3v) is 4.54. The van der Waals surface area contributed by atoms with Crippen molar-refractivity contribution in [2.75, 3.05) is 11.1 Å². The van der Waals surface area contributed by atoms with Crippen molar-refractivity contribution in [1.82, 2.24) is 4.98 Å². The lowest BCUT2D eigenvalue weighted by Gasteiger charge is -2.11. The Morgan fingerprint density at radius 1 is 1.31 bits per heavy atom. The Labute approximate surface area is 188 Å². The van der Waals surface area contributed by atoms with Crippen molar-refractivity contribution in [3.05, 3.63) is 76.2 Å². The van der Waals surface area contributed by atoms with Crippen LogP contribution < -0.4 is 11.1 Å². The van der Waals surface area contributed by atoms with E-state index in [-0.39, 0.29) is 59.0 Å². The van der Waals surface area contributed by atoms with E-state index < -0.39 is 42.4 Å². The van der Waals surface area contributed by atoms with Crippen molar-refractivity contribution < 1.29 is 22.2 Å². The number of nitrogens with two attached hydrogens (primary N) is 1. The van der Waals surface area contributed by atoms with Crippen LogP contribution in [0.25, 0.3) is 0 Å². The van der Waals surface area contributed by atoms with E-state index in [4.69, 9.17) is 18.1 Å². The number of hydrogen-bond donors (Lipinski definition) is 3. The molecule has 0 aliphatic rings. The normalized spacial score (nSPS) is 18.5. The van der Waals surface area contributed by atoms with E-state index in [0.29, 0.717) is 0 Å². The summed E-state index contributed by atoms with van der Waals surface area (Å²) in [5.41, 5.74) is 5.56. The molecule has 3 aromatic rings. The molecule has 152 valence electrons. The molecule has 0 spiro atoms. The number of carbonyl (C=O) groups excluding carboxylic acids is 1. The van der Waals surface area contributed by atoms with Gasteiger partial charge in [0.1, 0.15) is 0 Å². The molecule has 0 aliphatic carbocycles. The SMILES string of the molecule is [2H]c1c([2H])c([C@@]([2H])(O)CCCC([2H])([2H])c2ccc(NC(=O)C([2H])([2H])c3csc(N)n3)cc2)c([2H])c([2H])c1C. The summed E-state index contributed by atoms with van der Waals surface area (Å²) in [5, 5.41) is 14.6. The van der Waals surface area contributed by atoms with E-state index in [1.165, 1.54) is 36.6 Å². The van der Waals surface area contributed by atoms with Gasteiger partial charge in [0.05, 0.1) is 25.0 Å². The summed E-state index contributed by atoms with van der Waals surface area (Å²) in [6, 6.07) is 4.05. The van der Waals surface area contributed by atoms with E-state index in [2.05, 4.69) is 10.3 Å². The summed E-state index contributed by atoms with van der Waals surface area (Å²) < 4.78 is 73.2. The van der Waals surface area contributed by atoms with Crippen LogP contribution in [-0.2, 0) is 17.5 Å². The second-order valence-electron chi connectivity index (χ2n) is 6.20. The number of nitrogens with one attached hydrogen (secondary N) is 1. The lowest BCUT2D eigenvalue weighted by molar-refractivity contribution is -0.115. The Kier molecular flexibility index (Phi) is 4.25. The van der Waals surface area contributed by atoms with E-state index in [9.17, 15) is 9.90 Å². The monoisotopic (exact) mass is 418 g/mol. The second kappa shape index (κ2) is 10.2. The molecule has 1 amide bonds. The van der Waals surface area contributed by atoms with Gasteiger partial charge in [-0.15, -0.1) is 11.3 Å². The molecule has 0 radical (unpaired) electrons. The first-order valence-corrected chi connectivity index (χ1v) is 9.80. The van der Waals surface area contributed by atoms with Gasteiger partial charge in [-0.2, -0.15) is 0 Å². The van der Waals surface area contributed by atoms with Crippen molar-refractivity contribution in [1.29, 1.82) is 0 Å². The zero-order chi connectivity index (χ0) is 28.6. The lowest BCUT2D eigenvalue weighted by Crippen LogP contribution is -2.14. The Morgan fingerprint density at radius 2 is 2.03 bits per heavy atom. The summed E-state index contributed by atoms with van der Waals surface area (Å²) in [6.45, 7) is 1.42. The summed E-state index contributed by atoms with van der Waals surface area (Å²) in [6.07, 6.45) is -7.22. The molecular weight excluding hydrogens is 382 g/mol. The van der Waals surface area contributed by atoms with Crippen LogP contribution in [-0.4, -0.2) is 16.0 Å². The molecule has 0 bridgehead atoms. The minimum absolute atomic E-state index is 0.00408. The lowest BCUT2D eigenvalue weighted by atomic mass is 10.0. The van der Waals surface area contributed by atoms with Crippen LogP contribution in [0.4, 0.5) is 10.8 Å². The molecule has 6 heteroatoms.